The first-order valence-electron chi connectivity index (χ1n) is 6.50. The number of pyridine rings is 1. The van der Waals surface area contributed by atoms with Crippen LogP contribution >= 0.6 is 23.2 Å². The van der Waals surface area contributed by atoms with Gasteiger partial charge in [-0.25, -0.2) is 9.37 Å². The number of fused-ring (bicyclic) bond motifs is 1. The minimum Gasteiger partial charge on any atom is -0.376 e. The van der Waals surface area contributed by atoms with Crippen molar-refractivity contribution in [3.05, 3.63) is 57.6 Å². The molecule has 0 radical (unpaired) electrons. The number of aromatic nitrogens is 1. The van der Waals surface area contributed by atoms with Crippen LogP contribution in [0.3, 0.4) is 0 Å². The van der Waals surface area contributed by atoms with Gasteiger partial charge in [-0.1, -0.05) is 29.3 Å². The van der Waals surface area contributed by atoms with Crippen molar-refractivity contribution >= 4 is 28.9 Å². The molecule has 1 aromatic heterocycles. The molecule has 20 heavy (non-hydrogen) atoms. The van der Waals surface area contributed by atoms with Gasteiger partial charge in [0.2, 0.25) is 0 Å². The Labute approximate surface area is 126 Å². The van der Waals surface area contributed by atoms with E-state index < -0.39 is 0 Å². The summed E-state index contributed by atoms with van der Waals surface area (Å²) in [5.74, 6) is -0.341. The minimum atomic E-state index is -0.341. The fraction of sp³-hybridized carbons (Fsp3) is 0.267. The van der Waals surface area contributed by atoms with Crippen LogP contribution in [0.5, 0.6) is 0 Å². The topological polar surface area (TPSA) is 24.9 Å². The first-order chi connectivity index (χ1) is 9.63. The summed E-state index contributed by atoms with van der Waals surface area (Å²) in [7, 11) is 0. The predicted molar refractivity (Wildman–Crippen MR) is 80.0 cm³/mol. The highest BCUT2D eigenvalue weighted by Gasteiger charge is 2.22. The van der Waals surface area contributed by atoms with Crippen LogP contribution in [0, 0.1) is 5.82 Å². The van der Waals surface area contributed by atoms with Gasteiger partial charge in [-0.15, -0.1) is 0 Å². The average molecular weight is 311 g/mol. The molecule has 1 aliphatic rings. The minimum absolute atomic E-state index is 0.0548. The van der Waals surface area contributed by atoms with Crippen molar-refractivity contribution in [3.63, 3.8) is 0 Å². The molecule has 1 N–H and O–H groups in total. The smallest absolute Gasteiger partial charge is 0.147 e. The second-order valence-electron chi connectivity index (χ2n) is 4.88. The third kappa shape index (κ3) is 2.74. The van der Waals surface area contributed by atoms with E-state index in [1.807, 2.05) is 6.07 Å². The summed E-state index contributed by atoms with van der Waals surface area (Å²) in [6.07, 6.45) is 2.86. The summed E-state index contributed by atoms with van der Waals surface area (Å²) in [5.41, 5.74) is 2.55. The summed E-state index contributed by atoms with van der Waals surface area (Å²) in [5, 5.41) is 4.13. The Hall–Kier alpha value is -1.32. The number of anilines is 1. The van der Waals surface area contributed by atoms with Crippen LogP contribution in [0.2, 0.25) is 10.2 Å². The molecule has 1 aromatic carbocycles. The lowest BCUT2D eigenvalue weighted by Crippen LogP contribution is -2.19. The quantitative estimate of drug-likeness (QED) is 0.788. The van der Waals surface area contributed by atoms with Gasteiger partial charge in [0, 0.05) is 10.7 Å². The summed E-state index contributed by atoms with van der Waals surface area (Å²) in [6.45, 7) is 0. The molecule has 1 atom stereocenters. The summed E-state index contributed by atoms with van der Waals surface area (Å²) < 4.78 is 13.9. The van der Waals surface area contributed by atoms with Crippen molar-refractivity contribution in [1.82, 2.24) is 4.98 Å². The number of nitrogens with zero attached hydrogens (tertiary/aromatic N) is 1. The van der Waals surface area contributed by atoms with Crippen LogP contribution in [-0.4, -0.2) is 4.98 Å². The van der Waals surface area contributed by atoms with E-state index in [0.717, 1.165) is 30.5 Å². The van der Waals surface area contributed by atoms with E-state index in [0.29, 0.717) is 15.9 Å². The summed E-state index contributed by atoms with van der Waals surface area (Å²) in [6, 6.07) is 8.45. The Morgan fingerprint density at radius 1 is 1.20 bits per heavy atom. The lowest BCUT2D eigenvalue weighted by Gasteiger charge is -2.26. The van der Waals surface area contributed by atoms with Crippen molar-refractivity contribution in [2.24, 2.45) is 0 Å². The molecule has 1 heterocycles. The zero-order valence-corrected chi connectivity index (χ0v) is 12.2. The van der Waals surface area contributed by atoms with Gasteiger partial charge in [0.25, 0.3) is 0 Å². The van der Waals surface area contributed by atoms with Crippen LogP contribution in [0.4, 0.5) is 10.1 Å². The van der Waals surface area contributed by atoms with E-state index >= 15 is 0 Å². The van der Waals surface area contributed by atoms with Crippen LogP contribution < -0.4 is 5.32 Å². The monoisotopic (exact) mass is 310 g/mol. The van der Waals surface area contributed by atoms with Crippen molar-refractivity contribution in [2.45, 2.75) is 25.3 Å². The van der Waals surface area contributed by atoms with E-state index in [2.05, 4.69) is 10.3 Å². The van der Waals surface area contributed by atoms with E-state index in [9.17, 15) is 4.39 Å². The van der Waals surface area contributed by atoms with Gasteiger partial charge in [0.05, 0.1) is 11.7 Å². The van der Waals surface area contributed by atoms with Gasteiger partial charge in [-0.3, -0.25) is 0 Å². The number of nitrogens with one attached hydrogen (secondary N) is 1. The Balaban J connectivity index is 1.89. The van der Waals surface area contributed by atoms with E-state index in [1.54, 1.807) is 18.2 Å². The van der Waals surface area contributed by atoms with Gasteiger partial charge in [0.1, 0.15) is 11.0 Å². The number of benzene rings is 1. The Morgan fingerprint density at radius 3 is 2.85 bits per heavy atom. The fourth-order valence-corrected chi connectivity index (χ4v) is 2.90. The normalized spacial score (nSPS) is 17.6. The summed E-state index contributed by atoms with van der Waals surface area (Å²) in [4.78, 5) is 4.35. The van der Waals surface area contributed by atoms with Gasteiger partial charge in [0.15, 0.2) is 0 Å². The van der Waals surface area contributed by atoms with Gasteiger partial charge in [-0.05, 0) is 49.1 Å². The molecule has 1 aliphatic carbocycles. The Kier molecular flexibility index (Phi) is 3.81. The van der Waals surface area contributed by atoms with E-state index in [-0.39, 0.29) is 11.9 Å². The molecular weight excluding hydrogens is 298 g/mol. The maximum atomic E-state index is 13.9. The SMILES string of the molecule is Fc1cc(Cl)ccc1NC1CCCc2nc(Cl)ccc21. The lowest BCUT2D eigenvalue weighted by molar-refractivity contribution is 0.577. The van der Waals surface area contributed by atoms with Gasteiger partial charge in [-0.2, -0.15) is 0 Å². The Morgan fingerprint density at radius 2 is 2.05 bits per heavy atom. The Bertz CT molecular complexity index is 646. The van der Waals surface area contributed by atoms with Crippen LogP contribution in [0.15, 0.2) is 30.3 Å². The molecular formula is C15H13Cl2FN2. The molecule has 0 fully saturated rings. The molecule has 5 heteroatoms. The first kappa shape index (κ1) is 13.7. The maximum absolute atomic E-state index is 13.9. The van der Waals surface area contributed by atoms with Gasteiger partial charge < -0.3 is 5.32 Å². The predicted octanol–water partition coefficient (Wildman–Crippen LogP) is 5.02. The first-order valence-corrected chi connectivity index (χ1v) is 7.26. The molecule has 104 valence electrons. The number of rotatable bonds is 2. The van der Waals surface area contributed by atoms with Crippen molar-refractivity contribution in [2.75, 3.05) is 5.32 Å². The molecule has 0 saturated carbocycles. The highest BCUT2D eigenvalue weighted by Crippen LogP contribution is 2.33. The van der Waals surface area contributed by atoms with Crippen molar-refractivity contribution < 1.29 is 4.39 Å². The average Bonchev–Trinajstić information content (AvgIpc) is 2.41. The second kappa shape index (κ2) is 5.58. The highest BCUT2D eigenvalue weighted by atomic mass is 35.5. The number of halogens is 3. The standard InChI is InChI=1S/C15H13Cl2FN2/c16-9-4-6-14(11(18)8-9)19-12-2-1-3-13-10(12)5-7-15(17)20-13/h4-8,12,19H,1-3H2. The number of hydrogen-bond acceptors (Lipinski definition) is 2. The molecule has 0 aliphatic heterocycles. The van der Waals surface area contributed by atoms with Crippen LogP contribution in [0.25, 0.3) is 0 Å². The van der Waals surface area contributed by atoms with Crippen molar-refractivity contribution in [1.29, 1.82) is 0 Å². The maximum Gasteiger partial charge on any atom is 0.147 e. The fourth-order valence-electron chi connectivity index (χ4n) is 2.58. The molecule has 0 amide bonds. The molecule has 0 bridgehead atoms. The largest absolute Gasteiger partial charge is 0.376 e. The molecule has 3 rings (SSSR count). The molecule has 0 spiro atoms. The number of hydrogen-bond donors (Lipinski definition) is 1. The zero-order chi connectivity index (χ0) is 14.1. The summed E-state index contributed by atoms with van der Waals surface area (Å²) >= 11 is 11.7. The third-order valence-corrected chi connectivity index (χ3v) is 3.96. The molecule has 2 aromatic rings. The lowest BCUT2D eigenvalue weighted by atomic mass is 9.91. The van der Waals surface area contributed by atoms with E-state index in [4.69, 9.17) is 23.2 Å². The number of aryl methyl sites for hydroxylation is 1. The molecule has 0 saturated heterocycles. The van der Waals surface area contributed by atoms with E-state index in [1.165, 1.54) is 6.07 Å². The highest BCUT2D eigenvalue weighted by molar-refractivity contribution is 6.30. The van der Waals surface area contributed by atoms with Crippen LogP contribution in [0.1, 0.15) is 30.1 Å². The molecule has 1 unspecified atom stereocenters. The molecule has 2 nitrogen and oxygen atoms in total. The van der Waals surface area contributed by atoms with Crippen LogP contribution in [-0.2, 0) is 6.42 Å². The second-order valence-corrected chi connectivity index (χ2v) is 5.71. The third-order valence-electron chi connectivity index (χ3n) is 3.52. The zero-order valence-electron chi connectivity index (χ0n) is 10.7. The van der Waals surface area contributed by atoms with Gasteiger partial charge >= 0.3 is 0 Å². The van der Waals surface area contributed by atoms with Crippen molar-refractivity contribution in [3.8, 4) is 0 Å².